The number of hydrogen-bond donors (Lipinski definition) is 1. The fraction of sp³-hybridized carbons (Fsp3) is 0.800. The molecule has 0 aliphatic carbocycles. The summed E-state index contributed by atoms with van der Waals surface area (Å²) in [5, 5.41) is 7.00. The van der Waals surface area contributed by atoms with Crippen LogP contribution in [0.3, 0.4) is 0 Å². The van der Waals surface area contributed by atoms with E-state index in [2.05, 4.69) is 63.3 Å². The topological polar surface area (TPSA) is 26.7 Å². The third kappa shape index (κ3) is 23.6. The van der Waals surface area contributed by atoms with Crippen molar-refractivity contribution >= 4 is 0 Å². The Morgan fingerprint density at radius 2 is 1.43 bits per heavy atom. The predicted octanol–water partition coefficient (Wildman–Crippen LogP) is 4.94. The molecule has 3 heteroatoms. The molecular weight excluding hydrogens is 284 g/mol. The van der Waals surface area contributed by atoms with Crippen molar-refractivity contribution in [3.8, 4) is 0 Å². The lowest BCUT2D eigenvalue weighted by atomic mass is 10.3. The van der Waals surface area contributed by atoms with Crippen LogP contribution in [0.15, 0.2) is 24.9 Å². The third-order valence-electron chi connectivity index (χ3n) is 2.99. The molecule has 0 aromatic carbocycles. The quantitative estimate of drug-likeness (QED) is 0.700. The highest BCUT2D eigenvalue weighted by atomic mass is 16.2. The maximum Gasteiger partial charge on any atom is 0.0319 e. The number of piperazine rings is 1. The van der Waals surface area contributed by atoms with E-state index < -0.39 is 0 Å². The van der Waals surface area contributed by atoms with Crippen LogP contribution in [-0.2, 0) is 0 Å². The fourth-order valence-corrected chi connectivity index (χ4v) is 1.91. The highest BCUT2D eigenvalue weighted by Crippen LogP contribution is 2.02. The standard InChI is InChI=1S/C11H22N2.C5H10.C3H8.CH4O/c1-3-5-7-13-10-8-12(6-4-2)9-11-13;1-3-5-4-2;1-3-2;1-2/h5,7H,3-4,6,8-11H2,1-2H3;3H,1,4-5H2,2H3;3H2,1-2H3;2H,1H3/b7-5+;;;. The van der Waals surface area contributed by atoms with Gasteiger partial charge in [0.1, 0.15) is 0 Å². The van der Waals surface area contributed by atoms with Crippen LogP contribution in [0.4, 0.5) is 0 Å². The molecule has 1 aliphatic heterocycles. The second-order valence-electron chi connectivity index (χ2n) is 5.46. The summed E-state index contributed by atoms with van der Waals surface area (Å²) in [5.74, 6) is 0. The van der Waals surface area contributed by atoms with Gasteiger partial charge in [0.25, 0.3) is 0 Å². The van der Waals surface area contributed by atoms with Crippen LogP contribution < -0.4 is 0 Å². The molecule has 1 saturated heterocycles. The van der Waals surface area contributed by atoms with E-state index in [9.17, 15) is 0 Å². The number of aliphatic hydroxyl groups is 1. The predicted molar refractivity (Wildman–Crippen MR) is 107 cm³/mol. The molecule has 1 aliphatic rings. The van der Waals surface area contributed by atoms with Crippen LogP contribution in [-0.4, -0.2) is 54.7 Å². The molecule has 0 bridgehead atoms. The van der Waals surface area contributed by atoms with Crippen molar-refractivity contribution in [1.82, 2.24) is 9.80 Å². The van der Waals surface area contributed by atoms with E-state index >= 15 is 0 Å². The summed E-state index contributed by atoms with van der Waals surface area (Å²) in [6.07, 6.45) is 12.5. The second kappa shape index (κ2) is 26.1. The molecule has 0 atom stereocenters. The van der Waals surface area contributed by atoms with Gasteiger partial charge in [-0.25, -0.2) is 0 Å². The van der Waals surface area contributed by atoms with Crippen LogP contribution in [0.5, 0.6) is 0 Å². The van der Waals surface area contributed by atoms with Gasteiger partial charge in [0.15, 0.2) is 0 Å². The average molecular weight is 329 g/mol. The van der Waals surface area contributed by atoms with Crippen LogP contribution >= 0.6 is 0 Å². The van der Waals surface area contributed by atoms with E-state index in [0.29, 0.717) is 0 Å². The van der Waals surface area contributed by atoms with Crippen LogP contribution in [0, 0.1) is 0 Å². The molecule has 0 amide bonds. The first-order chi connectivity index (χ1) is 11.2. The summed E-state index contributed by atoms with van der Waals surface area (Å²) in [4.78, 5) is 4.98. The van der Waals surface area contributed by atoms with Gasteiger partial charge in [-0.1, -0.05) is 59.6 Å². The Labute approximate surface area is 147 Å². The maximum absolute atomic E-state index is 7.00. The number of aliphatic hydroxyl groups excluding tert-OH is 1. The SMILES string of the molecule is C=CCCC.CC/C=C/N1CCN(CCC)CC1.CCC.CO. The summed E-state index contributed by atoms with van der Waals surface area (Å²) in [6.45, 7) is 20.5. The van der Waals surface area contributed by atoms with E-state index in [1.165, 1.54) is 52.0 Å². The molecule has 0 spiro atoms. The van der Waals surface area contributed by atoms with Crippen LogP contribution in [0.25, 0.3) is 0 Å². The summed E-state index contributed by atoms with van der Waals surface area (Å²) >= 11 is 0. The van der Waals surface area contributed by atoms with Crippen LogP contribution in [0.1, 0.15) is 66.7 Å². The summed E-state index contributed by atoms with van der Waals surface area (Å²) in [6, 6.07) is 0. The Balaban J connectivity index is -0.000000334. The van der Waals surface area contributed by atoms with Gasteiger partial charge in [-0.05, 0) is 32.0 Å². The molecule has 0 saturated carbocycles. The zero-order chi connectivity index (χ0) is 18.3. The number of unbranched alkanes of at least 4 members (excludes halogenated alkanes) is 1. The number of allylic oxidation sites excluding steroid dienone is 2. The highest BCUT2D eigenvalue weighted by molar-refractivity contribution is 4.84. The maximum atomic E-state index is 7.00. The van der Waals surface area contributed by atoms with Crippen molar-refractivity contribution in [2.45, 2.75) is 66.7 Å². The van der Waals surface area contributed by atoms with E-state index in [-0.39, 0.29) is 0 Å². The van der Waals surface area contributed by atoms with Gasteiger partial charge in [0.2, 0.25) is 0 Å². The van der Waals surface area contributed by atoms with Gasteiger partial charge in [0, 0.05) is 33.3 Å². The van der Waals surface area contributed by atoms with Gasteiger partial charge in [-0.3, -0.25) is 4.90 Å². The van der Waals surface area contributed by atoms with Gasteiger partial charge >= 0.3 is 0 Å². The zero-order valence-electron chi connectivity index (χ0n) is 16.9. The first kappa shape index (κ1) is 27.1. The van der Waals surface area contributed by atoms with Crippen molar-refractivity contribution in [3.63, 3.8) is 0 Å². The monoisotopic (exact) mass is 328 g/mol. The van der Waals surface area contributed by atoms with Gasteiger partial charge < -0.3 is 10.0 Å². The molecule has 1 fully saturated rings. The number of hydrogen-bond acceptors (Lipinski definition) is 3. The molecule has 0 aromatic rings. The normalized spacial score (nSPS) is 14.0. The minimum atomic E-state index is 1.00. The van der Waals surface area contributed by atoms with E-state index in [0.717, 1.165) is 20.0 Å². The van der Waals surface area contributed by atoms with Crippen molar-refractivity contribution < 1.29 is 5.11 Å². The van der Waals surface area contributed by atoms with Crippen molar-refractivity contribution in [2.75, 3.05) is 39.8 Å². The first-order valence-corrected chi connectivity index (χ1v) is 9.38. The van der Waals surface area contributed by atoms with Gasteiger partial charge in [-0.2, -0.15) is 0 Å². The Hall–Kier alpha value is -0.800. The highest BCUT2D eigenvalue weighted by Gasteiger charge is 2.12. The molecule has 23 heavy (non-hydrogen) atoms. The molecule has 1 rings (SSSR count). The van der Waals surface area contributed by atoms with E-state index in [1.54, 1.807) is 0 Å². The second-order valence-corrected chi connectivity index (χ2v) is 5.46. The average Bonchev–Trinajstić information content (AvgIpc) is 2.58. The fourth-order valence-electron chi connectivity index (χ4n) is 1.91. The first-order valence-electron chi connectivity index (χ1n) is 9.38. The van der Waals surface area contributed by atoms with Crippen molar-refractivity contribution in [3.05, 3.63) is 24.9 Å². The van der Waals surface area contributed by atoms with Crippen LogP contribution in [0.2, 0.25) is 0 Å². The minimum Gasteiger partial charge on any atom is -0.400 e. The molecule has 1 heterocycles. The van der Waals surface area contributed by atoms with Crippen molar-refractivity contribution in [2.24, 2.45) is 0 Å². The van der Waals surface area contributed by atoms with E-state index in [1.807, 2.05) is 6.08 Å². The van der Waals surface area contributed by atoms with Crippen molar-refractivity contribution in [1.29, 1.82) is 0 Å². The molecule has 0 radical (unpaired) electrons. The largest absolute Gasteiger partial charge is 0.400 e. The molecule has 0 aromatic heterocycles. The molecule has 140 valence electrons. The molecule has 3 nitrogen and oxygen atoms in total. The van der Waals surface area contributed by atoms with E-state index in [4.69, 9.17) is 5.11 Å². The van der Waals surface area contributed by atoms with Gasteiger partial charge in [-0.15, -0.1) is 6.58 Å². The minimum absolute atomic E-state index is 1.00. The van der Waals surface area contributed by atoms with Gasteiger partial charge in [0.05, 0.1) is 0 Å². The Morgan fingerprint density at radius 1 is 0.913 bits per heavy atom. The summed E-state index contributed by atoms with van der Waals surface area (Å²) in [7, 11) is 1.00. The lowest BCUT2D eigenvalue weighted by Crippen LogP contribution is -2.44. The molecule has 1 N–H and O–H groups in total. The molecule has 0 unspecified atom stereocenters. The lowest BCUT2D eigenvalue weighted by molar-refractivity contribution is 0.168. The summed E-state index contributed by atoms with van der Waals surface area (Å²) < 4.78 is 0. The Morgan fingerprint density at radius 3 is 1.74 bits per heavy atom. The smallest absolute Gasteiger partial charge is 0.0319 e. The Kier molecular flexibility index (Phi) is 30.7. The third-order valence-corrected chi connectivity index (χ3v) is 2.99. The number of nitrogens with zero attached hydrogens (tertiary/aromatic N) is 2. The summed E-state index contributed by atoms with van der Waals surface area (Å²) in [5.41, 5.74) is 0. The number of rotatable bonds is 6. The lowest BCUT2D eigenvalue weighted by Gasteiger charge is -2.33. The zero-order valence-corrected chi connectivity index (χ0v) is 16.9. The molecular formula is C20H44N2O. The Bertz CT molecular complexity index is 222.